The van der Waals surface area contributed by atoms with E-state index in [2.05, 4.69) is 31.5 Å². The van der Waals surface area contributed by atoms with Gasteiger partial charge >= 0.3 is 0 Å². The van der Waals surface area contributed by atoms with Gasteiger partial charge in [0.15, 0.2) is 5.13 Å². The highest BCUT2D eigenvalue weighted by atomic mass is 79.9. The number of nitrogens with two attached hydrogens (primary N) is 1. The number of amides is 1. The first kappa shape index (κ1) is 16.1. The molecular formula is C13H14BrClN4OS. The number of thiazole rings is 1. The SMILES string of the molecule is CCCNc1nc(N)c(C(=O)Nc2cccc(Cl)c2Br)s1. The minimum Gasteiger partial charge on any atom is -0.382 e. The van der Waals surface area contributed by atoms with Crippen LogP contribution in [0.4, 0.5) is 16.6 Å². The number of hydrogen-bond donors (Lipinski definition) is 3. The standard InChI is InChI=1S/C13H14BrClN4OS/c1-2-6-17-13-19-11(16)10(21-13)12(20)18-8-5-3-4-7(15)9(8)14/h3-5H,2,6,16H2,1H3,(H,17,19)(H,18,20). The van der Waals surface area contributed by atoms with Crippen molar-refractivity contribution in [3.05, 3.63) is 32.6 Å². The molecular weight excluding hydrogens is 376 g/mol. The van der Waals surface area contributed by atoms with Gasteiger partial charge in [0, 0.05) is 6.54 Å². The summed E-state index contributed by atoms with van der Waals surface area (Å²) in [5.41, 5.74) is 6.38. The molecule has 2 aromatic rings. The van der Waals surface area contributed by atoms with Crippen molar-refractivity contribution >= 4 is 61.4 Å². The summed E-state index contributed by atoms with van der Waals surface area (Å²) in [5.74, 6) is -0.0910. The van der Waals surface area contributed by atoms with E-state index in [0.29, 0.717) is 25.2 Å². The predicted molar refractivity (Wildman–Crippen MR) is 92.4 cm³/mol. The van der Waals surface area contributed by atoms with Gasteiger partial charge in [0.05, 0.1) is 15.2 Å². The van der Waals surface area contributed by atoms with E-state index >= 15 is 0 Å². The molecule has 2 rings (SSSR count). The van der Waals surface area contributed by atoms with Gasteiger partial charge in [-0.1, -0.05) is 35.9 Å². The van der Waals surface area contributed by atoms with Crippen molar-refractivity contribution in [3.8, 4) is 0 Å². The fourth-order valence-corrected chi connectivity index (χ4v) is 2.93. The van der Waals surface area contributed by atoms with Crippen LogP contribution < -0.4 is 16.4 Å². The molecule has 1 aromatic heterocycles. The Labute approximate surface area is 140 Å². The molecule has 1 aromatic carbocycles. The second kappa shape index (κ2) is 7.11. The molecule has 0 bridgehead atoms. The van der Waals surface area contributed by atoms with Crippen LogP contribution in [-0.4, -0.2) is 17.4 Å². The topological polar surface area (TPSA) is 80.0 Å². The second-order valence-corrected chi connectivity index (χ2v) is 6.41. The number of aromatic nitrogens is 1. The Morgan fingerprint density at radius 1 is 1.52 bits per heavy atom. The lowest BCUT2D eigenvalue weighted by molar-refractivity contribution is 0.103. The molecule has 0 unspecified atom stereocenters. The van der Waals surface area contributed by atoms with E-state index in [4.69, 9.17) is 17.3 Å². The molecule has 0 saturated carbocycles. The van der Waals surface area contributed by atoms with Gasteiger partial charge in [0.1, 0.15) is 10.7 Å². The third kappa shape index (κ3) is 3.87. The fourth-order valence-electron chi connectivity index (χ4n) is 1.58. The number of benzene rings is 1. The van der Waals surface area contributed by atoms with Crippen molar-refractivity contribution in [1.82, 2.24) is 4.98 Å². The van der Waals surface area contributed by atoms with Gasteiger partial charge < -0.3 is 16.4 Å². The third-order valence-electron chi connectivity index (χ3n) is 2.59. The summed E-state index contributed by atoms with van der Waals surface area (Å²) in [6, 6.07) is 5.24. The molecule has 0 aliphatic heterocycles. The lowest BCUT2D eigenvalue weighted by Crippen LogP contribution is -2.12. The average Bonchev–Trinajstić information content (AvgIpc) is 2.83. The number of carbonyl (C=O) groups is 1. The highest BCUT2D eigenvalue weighted by Crippen LogP contribution is 2.31. The summed E-state index contributed by atoms with van der Waals surface area (Å²) in [6.45, 7) is 2.84. The summed E-state index contributed by atoms with van der Waals surface area (Å²) in [4.78, 5) is 16.8. The second-order valence-electron chi connectivity index (χ2n) is 4.22. The Bertz CT molecular complexity index is 662. The van der Waals surface area contributed by atoms with Crippen molar-refractivity contribution in [3.63, 3.8) is 0 Å². The monoisotopic (exact) mass is 388 g/mol. The Kier molecular flexibility index (Phi) is 5.44. The summed E-state index contributed by atoms with van der Waals surface area (Å²) in [6.07, 6.45) is 0.969. The van der Waals surface area contributed by atoms with E-state index in [-0.39, 0.29) is 11.7 Å². The summed E-state index contributed by atoms with van der Waals surface area (Å²) < 4.78 is 0.632. The van der Waals surface area contributed by atoms with Crippen LogP contribution in [0.2, 0.25) is 5.02 Å². The van der Waals surface area contributed by atoms with Crippen molar-refractivity contribution in [1.29, 1.82) is 0 Å². The van der Waals surface area contributed by atoms with E-state index < -0.39 is 0 Å². The minimum atomic E-state index is -0.308. The van der Waals surface area contributed by atoms with Crippen LogP contribution >= 0.6 is 38.9 Å². The van der Waals surface area contributed by atoms with Crippen LogP contribution in [0.25, 0.3) is 0 Å². The zero-order chi connectivity index (χ0) is 15.4. The zero-order valence-corrected chi connectivity index (χ0v) is 14.4. The number of carbonyl (C=O) groups excluding carboxylic acids is 1. The maximum atomic E-state index is 12.3. The maximum absolute atomic E-state index is 12.3. The summed E-state index contributed by atoms with van der Waals surface area (Å²) in [5, 5.41) is 7.05. The van der Waals surface area contributed by atoms with Crippen molar-refractivity contribution in [2.45, 2.75) is 13.3 Å². The van der Waals surface area contributed by atoms with Crippen LogP contribution in [0.1, 0.15) is 23.0 Å². The first-order valence-corrected chi connectivity index (χ1v) is 8.27. The molecule has 0 atom stereocenters. The molecule has 0 aliphatic carbocycles. The van der Waals surface area contributed by atoms with Gasteiger partial charge in [0.25, 0.3) is 5.91 Å². The highest BCUT2D eigenvalue weighted by Gasteiger charge is 2.17. The first-order chi connectivity index (χ1) is 10.0. The minimum absolute atomic E-state index is 0.217. The molecule has 4 N–H and O–H groups in total. The Balaban J connectivity index is 2.16. The quantitative estimate of drug-likeness (QED) is 0.715. The van der Waals surface area contributed by atoms with Crippen molar-refractivity contribution < 1.29 is 4.79 Å². The number of hydrogen-bond acceptors (Lipinski definition) is 5. The number of nitrogen functional groups attached to an aromatic ring is 1. The van der Waals surface area contributed by atoms with Gasteiger partial charge in [-0.2, -0.15) is 0 Å². The molecule has 0 fully saturated rings. The largest absolute Gasteiger partial charge is 0.382 e. The van der Waals surface area contributed by atoms with Crippen LogP contribution in [0.15, 0.2) is 22.7 Å². The Hall–Kier alpha value is -1.31. The van der Waals surface area contributed by atoms with E-state index in [1.54, 1.807) is 18.2 Å². The molecule has 8 heteroatoms. The zero-order valence-electron chi connectivity index (χ0n) is 11.2. The normalized spacial score (nSPS) is 10.4. The molecule has 0 radical (unpaired) electrons. The maximum Gasteiger partial charge on any atom is 0.269 e. The van der Waals surface area contributed by atoms with Crippen LogP contribution in [0, 0.1) is 0 Å². The lowest BCUT2D eigenvalue weighted by Gasteiger charge is -2.07. The Morgan fingerprint density at radius 2 is 2.29 bits per heavy atom. The van der Waals surface area contributed by atoms with Gasteiger partial charge in [-0.15, -0.1) is 0 Å². The number of nitrogens with zero attached hydrogens (tertiary/aromatic N) is 1. The molecule has 0 aliphatic rings. The molecule has 0 spiro atoms. The molecule has 112 valence electrons. The molecule has 0 saturated heterocycles. The number of rotatable bonds is 5. The van der Waals surface area contributed by atoms with Gasteiger partial charge in [-0.25, -0.2) is 4.98 Å². The fraction of sp³-hybridized carbons (Fsp3) is 0.231. The van der Waals surface area contributed by atoms with Crippen LogP contribution in [0.3, 0.4) is 0 Å². The van der Waals surface area contributed by atoms with Crippen molar-refractivity contribution in [2.75, 3.05) is 22.9 Å². The lowest BCUT2D eigenvalue weighted by atomic mass is 10.3. The van der Waals surface area contributed by atoms with Gasteiger partial charge in [-0.3, -0.25) is 4.79 Å². The molecule has 21 heavy (non-hydrogen) atoms. The predicted octanol–water partition coefficient (Wildman–Crippen LogP) is 4.22. The number of anilines is 3. The number of halogens is 2. The molecule has 1 heterocycles. The molecule has 5 nitrogen and oxygen atoms in total. The average molecular weight is 390 g/mol. The summed E-state index contributed by atoms with van der Waals surface area (Å²) >= 11 is 10.6. The smallest absolute Gasteiger partial charge is 0.269 e. The number of nitrogens with one attached hydrogen (secondary N) is 2. The van der Waals surface area contributed by atoms with E-state index in [1.807, 2.05) is 6.92 Å². The first-order valence-electron chi connectivity index (χ1n) is 6.28. The van der Waals surface area contributed by atoms with Crippen molar-refractivity contribution in [2.24, 2.45) is 0 Å². The van der Waals surface area contributed by atoms with E-state index in [1.165, 1.54) is 11.3 Å². The van der Waals surface area contributed by atoms with E-state index in [9.17, 15) is 4.79 Å². The van der Waals surface area contributed by atoms with Gasteiger partial charge in [-0.05, 0) is 34.5 Å². The van der Waals surface area contributed by atoms with Gasteiger partial charge in [0.2, 0.25) is 0 Å². The van der Waals surface area contributed by atoms with Crippen LogP contribution in [-0.2, 0) is 0 Å². The summed E-state index contributed by atoms with van der Waals surface area (Å²) in [7, 11) is 0. The van der Waals surface area contributed by atoms with E-state index in [0.717, 1.165) is 13.0 Å². The molecule has 1 amide bonds. The Morgan fingerprint density at radius 3 is 3.00 bits per heavy atom. The third-order valence-corrected chi connectivity index (χ3v) is 5.01. The van der Waals surface area contributed by atoms with Crippen LogP contribution in [0.5, 0.6) is 0 Å². The highest BCUT2D eigenvalue weighted by molar-refractivity contribution is 9.10.